The van der Waals surface area contributed by atoms with Crippen molar-refractivity contribution >= 4 is 17.6 Å². The molecule has 4 rings (SSSR count). The Hall–Kier alpha value is -4.21. The van der Waals surface area contributed by atoms with Gasteiger partial charge in [-0.1, -0.05) is 6.92 Å². The number of aromatic nitrogens is 2. The highest BCUT2D eigenvalue weighted by Crippen LogP contribution is 2.31. The molecule has 0 radical (unpaired) electrons. The summed E-state index contributed by atoms with van der Waals surface area (Å²) >= 11 is 0. The lowest BCUT2D eigenvalue weighted by molar-refractivity contribution is -0.132. The van der Waals surface area contributed by atoms with Crippen LogP contribution in [0, 0.1) is 5.82 Å². The maximum atomic E-state index is 13.3. The zero-order chi connectivity index (χ0) is 27.9. The molecule has 1 unspecified atom stereocenters. The van der Waals surface area contributed by atoms with E-state index in [-0.39, 0.29) is 24.4 Å². The Bertz CT molecular complexity index is 1280. The van der Waals surface area contributed by atoms with Crippen molar-refractivity contribution in [2.75, 3.05) is 51.8 Å². The smallest absolute Gasteiger partial charge is 0.254 e. The van der Waals surface area contributed by atoms with Crippen LogP contribution in [0.15, 0.2) is 54.6 Å². The molecule has 0 spiro atoms. The van der Waals surface area contributed by atoms with Crippen molar-refractivity contribution in [2.24, 2.45) is 0 Å². The zero-order valence-electron chi connectivity index (χ0n) is 22.8. The molecular formula is C29H34FN5O4. The number of nitrogens with zero attached hydrogens (tertiary/aromatic N) is 5. The Morgan fingerprint density at radius 1 is 0.949 bits per heavy atom. The van der Waals surface area contributed by atoms with Gasteiger partial charge < -0.3 is 24.2 Å². The molecule has 2 heterocycles. The minimum Gasteiger partial charge on any atom is -0.493 e. The fourth-order valence-corrected chi connectivity index (χ4v) is 4.48. The van der Waals surface area contributed by atoms with Gasteiger partial charge >= 0.3 is 0 Å². The Morgan fingerprint density at radius 2 is 1.64 bits per heavy atom. The summed E-state index contributed by atoms with van der Waals surface area (Å²) in [5.74, 6) is 1.20. The molecule has 1 aliphatic rings. The van der Waals surface area contributed by atoms with Crippen LogP contribution in [0.5, 0.6) is 11.5 Å². The molecule has 1 fully saturated rings. The van der Waals surface area contributed by atoms with Crippen LogP contribution >= 0.6 is 0 Å². The van der Waals surface area contributed by atoms with E-state index in [4.69, 9.17) is 9.47 Å². The van der Waals surface area contributed by atoms with Crippen LogP contribution in [0.1, 0.15) is 30.6 Å². The summed E-state index contributed by atoms with van der Waals surface area (Å²) < 4.78 is 24.0. The van der Waals surface area contributed by atoms with Gasteiger partial charge in [-0.05, 0) is 67.9 Å². The predicted octanol–water partition coefficient (Wildman–Crippen LogP) is 3.89. The number of hydrogen-bond donors (Lipinski definition) is 0. The second-order valence-corrected chi connectivity index (χ2v) is 9.41. The van der Waals surface area contributed by atoms with Crippen molar-refractivity contribution in [1.29, 1.82) is 0 Å². The van der Waals surface area contributed by atoms with E-state index in [1.165, 1.54) is 24.3 Å². The van der Waals surface area contributed by atoms with Crippen LogP contribution in [-0.2, 0) is 4.79 Å². The van der Waals surface area contributed by atoms with Gasteiger partial charge in [0.05, 0.1) is 19.9 Å². The SMILES string of the molecule is CCC(C)N(CC(=O)N1CCN(c2ccc(-c3ccc(OC)c(OC)c3)nn2)CC1)C(=O)c1ccc(F)cc1. The number of benzene rings is 2. The van der Waals surface area contributed by atoms with Gasteiger partial charge in [-0.3, -0.25) is 9.59 Å². The third kappa shape index (κ3) is 6.45. The Kier molecular flexibility index (Phi) is 8.96. The molecule has 206 valence electrons. The Morgan fingerprint density at radius 3 is 2.23 bits per heavy atom. The molecular weight excluding hydrogens is 501 g/mol. The fourth-order valence-electron chi connectivity index (χ4n) is 4.48. The van der Waals surface area contributed by atoms with Crippen molar-refractivity contribution in [3.8, 4) is 22.8 Å². The van der Waals surface area contributed by atoms with Gasteiger partial charge in [0.2, 0.25) is 5.91 Å². The fraction of sp³-hybridized carbons (Fsp3) is 0.379. The van der Waals surface area contributed by atoms with Crippen LogP contribution in [0.3, 0.4) is 0 Å². The Labute approximate surface area is 228 Å². The number of anilines is 1. The number of piperazine rings is 1. The van der Waals surface area contributed by atoms with Gasteiger partial charge in [0.25, 0.3) is 5.91 Å². The number of amides is 2. The van der Waals surface area contributed by atoms with Gasteiger partial charge in [-0.2, -0.15) is 0 Å². The molecule has 0 bridgehead atoms. The number of carbonyl (C=O) groups excluding carboxylic acids is 2. The molecule has 10 heteroatoms. The summed E-state index contributed by atoms with van der Waals surface area (Å²) in [5, 5.41) is 8.81. The summed E-state index contributed by atoms with van der Waals surface area (Å²) in [4.78, 5) is 31.7. The highest BCUT2D eigenvalue weighted by Gasteiger charge is 2.28. The molecule has 9 nitrogen and oxygen atoms in total. The van der Waals surface area contributed by atoms with Gasteiger partial charge in [0.15, 0.2) is 17.3 Å². The van der Waals surface area contributed by atoms with Crippen LogP contribution < -0.4 is 14.4 Å². The third-order valence-electron chi connectivity index (χ3n) is 7.07. The summed E-state index contributed by atoms with van der Waals surface area (Å²) in [6, 6.07) is 14.7. The lowest BCUT2D eigenvalue weighted by Crippen LogP contribution is -2.53. The zero-order valence-corrected chi connectivity index (χ0v) is 22.8. The molecule has 1 aliphatic heterocycles. The van der Waals surface area contributed by atoms with Gasteiger partial charge in [-0.25, -0.2) is 4.39 Å². The number of methoxy groups -OCH3 is 2. The van der Waals surface area contributed by atoms with E-state index in [1.54, 1.807) is 24.0 Å². The van der Waals surface area contributed by atoms with Crippen LogP contribution in [0.2, 0.25) is 0 Å². The number of carbonyl (C=O) groups is 2. The highest BCUT2D eigenvalue weighted by atomic mass is 19.1. The molecule has 0 saturated carbocycles. The predicted molar refractivity (Wildman–Crippen MR) is 147 cm³/mol. The summed E-state index contributed by atoms with van der Waals surface area (Å²) in [5.41, 5.74) is 1.94. The minimum atomic E-state index is -0.407. The first-order chi connectivity index (χ1) is 18.8. The first-order valence-corrected chi connectivity index (χ1v) is 13.0. The van der Waals surface area contributed by atoms with Crippen LogP contribution in [-0.4, -0.2) is 84.8 Å². The maximum absolute atomic E-state index is 13.3. The second-order valence-electron chi connectivity index (χ2n) is 9.41. The quantitative estimate of drug-likeness (QED) is 0.411. The number of hydrogen-bond acceptors (Lipinski definition) is 7. The molecule has 2 amide bonds. The third-order valence-corrected chi connectivity index (χ3v) is 7.07. The topological polar surface area (TPSA) is 88.1 Å². The van der Waals surface area contributed by atoms with Gasteiger partial charge in [0, 0.05) is 43.3 Å². The van der Waals surface area contributed by atoms with E-state index < -0.39 is 5.82 Å². The van der Waals surface area contributed by atoms with Crippen molar-refractivity contribution in [2.45, 2.75) is 26.3 Å². The summed E-state index contributed by atoms with van der Waals surface area (Å²) in [6.45, 7) is 6.09. The number of halogens is 1. The largest absolute Gasteiger partial charge is 0.493 e. The normalized spacial score (nSPS) is 14.1. The molecule has 2 aromatic carbocycles. The minimum absolute atomic E-state index is 0.0228. The summed E-state index contributed by atoms with van der Waals surface area (Å²) in [7, 11) is 3.18. The van der Waals surface area contributed by atoms with E-state index in [2.05, 4.69) is 15.1 Å². The van der Waals surface area contributed by atoms with E-state index in [0.29, 0.717) is 55.4 Å². The maximum Gasteiger partial charge on any atom is 0.254 e. The lowest BCUT2D eigenvalue weighted by Gasteiger charge is -2.37. The molecule has 3 aromatic rings. The van der Waals surface area contributed by atoms with E-state index >= 15 is 0 Å². The number of ether oxygens (including phenoxy) is 2. The molecule has 1 aromatic heterocycles. The van der Waals surface area contributed by atoms with Crippen molar-refractivity contribution in [3.63, 3.8) is 0 Å². The average Bonchev–Trinajstić information content (AvgIpc) is 2.99. The van der Waals surface area contributed by atoms with E-state index in [1.807, 2.05) is 44.2 Å². The molecule has 1 atom stereocenters. The van der Waals surface area contributed by atoms with Crippen molar-refractivity contribution in [3.05, 3.63) is 66.0 Å². The monoisotopic (exact) mass is 535 g/mol. The van der Waals surface area contributed by atoms with E-state index in [0.717, 1.165) is 11.4 Å². The van der Waals surface area contributed by atoms with Crippen molar-refractivity contribution < 1.29 is 23.5 Å². The molecule has 39 heavy (non-hydrogen) atoms. The van der Waals surface area contributed by atoms with E-state index in [9.17, 15) is 14.0 Å². The first-order valence-electron chi connectivity index (χ1n) is 13.0. The number of rotatable bonds is 9. The first kappa shape index (κ1) is 27.8. The van der Waals surface area contributed by atoms with Crippen LogP contribution in [0.4, 0.5) is 10.2 Å². The molecule has 0 aliphatic carbocycles. The van der Waals surface area contributed by atoms with Crippen LogP contribution in [0.25, 0.3) is 11.3 Å². The van der Waals surface area contributed by atoms with Gasteiger partial charge in [0.1, 0.15) is 12.4 Å². The molecule has 0 N–H and O–H groups in total. The molecule has 1 saturated heterocycles. The Balaban J connectivity index is 1.36. The summed E-state index contributed by atoms with van der Waals surface area (Å²) in [6.07, 6.45) is 0.700. The standard InChI is InChI=1S/C29H34FN5O4/c1-5-20(2)35(29(37)21-6-9-23(30)10-7-21)19-28(36)34-16-14-33(15-17-34)27-13-11-24(31-32-27)22-8-12-25(38-3)26(18-22)39-4/h6-13,18,20H,5,14-17,19H2,1-4H3. The highest BCUT2D eigenvalue weighted by molar-refractivity contribution is 5.96. The second kappa shape index (κ2) is 12.6. The lowest BCUT2D eigenvalue weighted by atomic mass is 10.1. The van der Waals surface area contributed by atoms with Gasteiger partial charge in [-0.15, -0.1) is 10.2 Å². The van der Waals surface area contributed by atoms with Crippen molar-refractivity contribution in [1.82, 2.24) is 20.0 Å². The average molecular weight is 536 g/mol.